The Morgan fingerprint density at radius 1 is 1.12 bits per heavy atom. The van der Waals surface area contributed by atoms with E-state index < -0.39 is 41.7 Å². The van der Waals surface area contributed by atoms with Crippen LogP contribution < -0.4 is 0 Å². The van der Waals surface area contributed by atoms with E-state index in [4.69, 9.17) is 0 Å². The van der Waals surface area contributed by atoms with E-state index in [0.717, 1.165) is 0 Å². The Morgan fingerprint density at radius 2 is 1.59 bits per heavy atom. The number of hydrogen-bond acceptors (Lipinski definition) is 1. The van der Waals surface area contributed by atoms with Crippen molar-refractivity contribution in [1.82, 2.24) is 0 Å². The first-order valence-electron chi connectivity index (χ1n) is 4.37. The second-order valence-corrected chi connectivity index (χ2v) is 3.30. The molecule has 0 bridgehead atoms. The van der Waals surface area contributed by atoms with Crippen molar-refractivity contribution in [3.8, 4) is 0 Å². The fraction of sp³-hybridized carbons (Fsp3) is 0.300. The molecule has 0 amide bonds. The van der Waals surface area contributed by atoms with Crippen molar-refractivity contribution in [2.45, 2.75) is 18.8 Å². The minimum absolute atomic E-state index is 0.423. The second kappa shape index (κ2) is 4.77. The van der Waals surface area contributed by atoms with Crippen molar-refractivity contribution >= 4 is 5.78 Å². The highest BCUT2D eigenvalue weighted by Gasteiger charge is 2.47. The van der Waals surface area contributed by atoms with Crippen LogP contribution in [-0.4, -0.2) is 18.1 Å². The van der Waals surface area contributed by atoms with Crippen LogP contribution in [0.4, 0.5) is 26.3 Å². The Labute approximate surface area is 92.0 Å². The maximum Gasteiger partial charge on any atom is 0.364 e. The fourth-order valence-corrected chi connectivity index (χ4v) is 1.14. The monoisotopic (exact) mass is 256 g/mol. The zero-order chi connectivity index (χ0) is 13.2. The molecule has 1 aromatic rings. The second-order valence-electron chi connectivity index (χ2n) is 3.30. The van der Waals surface area contributed by atoms with Gasteiger partial charge in [0.2, 0.25) is 5.78 Å². The average molecular weight is 256 g/mol. The van der Waals surface area contributed by atoms with E-state index in [1.165, 1.54) is 0 Å². The van der Waals surface area contributed by atoms with Gasteiger partial charge in [-0.15, -0.1) is 0 Å². The van der Waals surface area contributed by atoms with Gasteiger partial charge in [-0.1, -0.05) is 0 Å². The number of Topliss-reactive ketones (excluding diaryl/α,β-unsaturated/α-hetero) is 1. The van der Waals surface area contributed by atoms with E-state index in [1.807, 2.05) is 0 Å². The topological polar surface area (TPSA) is 17.1 Å². The van der Waals surface area contributed by atoms with Crippen LogP contribution in [0.1, 0.15) is 5.56 Å². The number of carbonyl (C=O) groups is 1. The first-order chi connectivity index (χ1) is 7.73. The Kier molecular flexibility index (Phi) is 3.79. The third-order valence-corrected chi connectivity index (χ3v) is 1.93. The molecule has 0 saturated heterocycles. The highest BCUT2D eigenvalue weighted by Crippen LogP contribution is 2.25. The number of carbonyl (C=O) groups excluding carboxylic acids is 1. The number of halogens is 6. The largest absolute Gasteiger partial charge is 0.364 e. The lowest BCUT2D eigenvalue weighted by Gasteiger charge is -2.13. The summed E-state index contributed by atoms with van der Waals surface area (Å²) in [6, 6.07) is 1.73. The van der Waals surface area contributed by atoms with E-state index in [9.17, 15) is 31.1 Å². The molecule has 94 valence electrons. The summed E-state index contributed by atoms with van der Waals surface area (Å²) in [5.41, 5.74) is -0.423. The molecule has 0 saturated carbocycles. The van der Waals surface area contributed by atoms with Gasteiger partial charge in [-0.3, -0.25) is 4.79 Å². The van der Waals surface area contributed by atoms with Gasteiger partial charge in [-0.05, 0) is 17.7 Å². The van der Waals surface area contributed by atoms with Gasteiger partial charge >= 0.3 is 12.3 Å². The number of alkyl halides is 4. The zero-order valence-corrected chi connectivity index (χ0v) is 8.19. The highest BCUT2D eigenvalue weighted by molar-refractivity contribution is 5.88. The summed E-state index contributed by atoms with van der Waals surface area (Å²) in [5, 5.41) is 0. The van der Waals surface area contributed by atoms with E-state index in [-0.39, 0.29) is 0 Å². The molecule has 1 nitrogen and oxygen atoms in total. The molecular weight excluding hydrogens is 250 g/mol. The van der Waals surface area contributed by atoms with Crippen LogP contribution in [-0.2, 0) is 11.2 Å². The summed E-state index contributed by atoms with van der Waals surface area (Å²) in [5.74, 6) is -9.05. The SMILES string of the molecule is O=C(Cc1cc(F)cc(F)c1)C(F)(F)C(F)F. The lowest BCUT2D eigenvalue weighted by atomic mass is 10.0. The van der Waals surface area contributed by atoms with Gasteiger partial charge in [0.05, 0.1) is 0 Å². The standard InChI is InChI=1S/C10H6F6O/c11-6-1-5(2-7(12)4-6)3-8(17)10(15,16)9(13)14/h1-2,4,9H,3H2. The van der Waals surface area contributed by atoms with Gasteiger partial charge in [0.1, 0.15) is 11.6 Å². The zero-order valence-electron chi connectivity index (χ0n) is 8.19. The molecule has 0 aliphatic carbocycles. The fourth-order valence-electron chi connectivity index (χ4n) is 1.14. The first kappa shape index (κ1) is 13.5. The van der Waals surface area contributed by atoms with Gasteiger partial charge in [0, 0.05) is 12.5 Å². The maximum atomic E-state index is 12.6. The van der Waals surface area contributed by atoms with E-state index in [2.05, 4.69) is 0 Å². The quantitative estimate of drug-likeness (QED) is 0.757. The number of ketones is 1. The van der Waals surface area contributed by atoms with Crippen LogP contribution in [0.25, 0.3) is 0 Å². The Bertz CT molecular complexity index is 409. The molecule has 0 heterocycles. The summed E-state index contributed by atoms with van der Waals surface area (Å²) in [7, 11) is 0. The van der Waals surface area contributed by atoms with Crippen LogP contribution in [0.3, 0.4) is 0 Å². The van der Waals surface area contributed by atoms with E-state index in [1.54, 1.807) is 0 Å². The van der Waals surface area contributed by atoms with Crippen molar-refractivity contribution in [2.75, 3.05) is 0 Å². The normalized spacial score (nSPS) is 11.9. The Morgan fingerprint density at radius 3 is 2.00 bits per heavy atom. The molecule has 0 aromatic heterocycles. The van der Waals surface area contributed by atoms with Crippen molar-refractivity contribution in [3.05, 3.63) is 35.4 Å². The molecular formula is C10H6F6O. The van der Waals surface area contributed by atoms with E-state index >= 15 is 0 Å². The van der Waals surface area contributed by atoms with Crippen LogP contribution in [0, 0.1) is 11.6 Å². The summed E-state index contributed by atoms with van der Waals surface area (Å²) < 4.78 is 74.0. The molecule has 1 rings (SSSR count). The van der Waals surface area contributed by atoms with Gasteiger partial charge in [-0.2, -0.15) is 8.78 Å². The van der Waals surface area contributed by atoms with Crippen LogP contribution in [0.5, 0.6) is 0 Å². The molecule has 0 aliphatic rings. The van der Waals surface area contributed by atoms with Crippen LogP contribution in [0.2, 0.25) is 0 Å². The minimum Gasteiger partial charge on any atom is -0.292 e. The summed E-state index contributed by atoms with van der Waals surface area (Å²) in [6.07, 6.45) is -5.31. The molecule has 0 spiro atoms. The third-order valence-electron chi connectivity index (χ3n) is 1.93. The number of benzene rings is 1. The summed E-state index contributed by atoms with van der Waals surface area (Å²) in [4.78, 5) is 10.8. The lowest BCUT2D eigenvalue weighted by molar-refractivity contribution is -0.166. The first-order valence-corrected chi connectivity index (χ1v) is 4.37. The smallest absolute Gasteiger partial charge is 0.292 e. The van der Waals surface area contributed by atoms with Crippen molar-refractivity contribution in [1.29, 1.82) is 0 Å². The van der Waals surface area contributed by atoms with Crippen LogP contribution >= 0.6 is 0 Å². The van der Waals surface area contributed by atoms with Crippen molar-refractivity contribution < 1.29 is 31.1 Å². The Balaban J connectivity index is 2.88. The summed E-state index contributed by atoms with van der Waals surface area (Å²) in [6.45, 7) is 0. The molecule has 0 aliphatic heterocycles. The van der Waals surface area contributed by atoms with Gasteiger partial charge in [0.15, 0.2) is 0 Å². The minimum atomic E-state index is -4.82. The highest BCUT2D eigenvalue weighted by atomic mass is 19.3. The molecule has 0 fully saturated rings. The van der Waals surface area contributed by atoms with Crippen molar-refractivity contribution in [2.24, 2.45) is 0 Å². The van der Waals surface area contributed by atoms with E-state index in [0.29, 0.717) is 18.2 Å². The van der Waals surface area contributed by atoms with Crippen LogP contribution in [0.15, 0.2) is 18.2 Å². The van der Waals surface area contributed by atoms with Gasteiger partial charge in [-0.25, -0.2) is 17.6 Å². The third kappa shape index (κ3) is 3.21. The molecule has 0 radical (unpaired) electrons. The number of rotatable bonds is 4. The number of hydrogen-bond donors (Lipinski definition) is 0. The summed E-state index contributed by atoms with van der Waals surface area (Å²) >= 11 is 0. The van der Waals surface area contributed by atoms with Gasteiger partial charge < -0.3 is 0 Å². The predicted molar refractivity (Wildman–Crippen MR) is 46.0 cm³/mol. The lowest BCUT2D eigenvalue weighted by Crippen LogP contribution is -2.37. The molecule has 0 unspecified atom stereocenters. The molecule has 0 atom stereocenters. The Hall–Kier alpha value is -1.53. The predicted octanol–water partition coefficient (Wildman–Crippen LogP) is 2.98. The van der Waals surface area contributed by atoms with Gasteiger partial charge in [0.25, 0.3) is 0 Å². The molecule has 7 heteroatoms. The average Bonchev–Trinajstić information content (AvgIpc) is 2.15. The van der Waals surface area contributed by atoms with Crippen molar-refractivity contribution in [3.63, 3.8) is 0 Å². The molecule has 0 N–H and O–H groups in total. The molecule has 1 aromatic carbocycles. The molecule has 17 heavy (non-hydrogen) atoms. The maximum absolute atomic E-state index is 12.6.